The fourth-order valence-electron chi connectivity index (χ4n) is 1.87. The molecule has 3 rings (SSSR count). The van der Waals surface area contributed by atoms with Crippen LogP contribution in [-0.4, -0.2) is 34.5 Å². The summed E-state index contributed by atoms with van der Waals surface area (Å²) in [6, 6.07) is 7.72. The van der Waals surface area contributed by atoms with Crippen LogP contribution in [0.15, 0.2) is 28.9 Å². The molecule has 0 saturated heterocycles. The zero-order valence-electron chi connectivity index (χ0n) is 11.0. The van der Waals surface area contributed by atoms with Crippen molar-refractivity contribution < 1.29 is 14.1 Å². The van der Waals surface area contributed by atoms with E-state index >= 15 is 0 Å². The van der Waals surface area contributed by atoms with Crippen molar-refractivity contribution >= 4 is 11.3 Å². The second-order valence-corrected chi connectivity index (χ2v) is 4.12. The maximum absolute atomic E-state index is 5.23. The number of rotatable bonds is 4. The van der Waals surface area contributed by atoms with Crippen LogP contribution in [0.4, 0.5) is 0 Å². The summed E-state index contributed by atoms with van der Waals surface area (Å²) in [5.41, 5.74) is 2.45. The van der Waals surface area contributed by atoms with Gasteiger partial charge in [-0.15, -0.1) is 0 Å². The lowest BCUT2D eigenvalue weighted by Crippen LogP contribution is -2.01. The highest BCUT2D eigenvalue weighted by Crippen LogP contribution is 2.21. The average molecular weight is 272 g/mol. The zero-order chi connectivity index (χ0) is 13.9. The van der Waals surface area contributed by atoms with Gasteiger partial charge >= 0.3 is 0 Å². The van der Waals surface area contributed by atoms with Crippen LogP contribution < -0.4 is 9.47 Å². The Morgan fingerprint density at radius 1 is 0.950 bits per heavy atom. The number of methoxy groups -OCH3 is 2. The summed E-state index contributed by atoms with van der Waals surface area (Å²) in [5, 5.41) is 7.33. The van der Waals surface area contributed by atoms with E-state index in [0.717, 1.165) is 11.3 Å². The van der Waals surface area contributed by atoms with Crippen LogP contribution in [0.3, 0.4) is 0 Å². The first-order chi connectivity index (χ1) is 9.80. The Morgan fingerprint density at radius 3 is 2.30 bits per heavy atom. The summed E-state index contributed by atoms with van der Waals surface area (Å²) in [5.74, 6) is 1.23. The Morgan fingerprint density at radius 2 is 1.65 bits per heavy atom. The largest absolute Gasteiger partial charge is 0.497 e. The molecule has 0 spiro atoms. The molecule has 2 heterocycles. The lowest BCUT2D eigenvalue weighted by atomic mass is 10.1. The third-order valence-corrected chi connectivity index (χ3v) is 2.87. The molecule has 0 fully saturated rings. The van der Waals surface area contributed by atoms with Crippen molar-refractivity contribution in [2.45, 2.75) is 6.42 Å². The number of fused-ring (bicyclic) bond motifs is 1. The number of hydrogen-bond donors (Lipinski definition) is 0. The zero-order valence-corrected chi connectivity index (χ0v) is 11.0. The predicted octanol–water partition coefficient (Wildman–Crippen LogP) is 1.62. The Kier molecular flexibility index (Phi) is 3.16. The molecule has 1 aromatic carbocycles. The van der Waals surface area contributed by atoms with Gasteiger partial charge in [-0.3, -0.25) is 0 Å². The summed E-state index contributed by atoms with van der Waals surface area (Å²) in [4.78, 5) is 8.56. The smallest absolute Gasteiger partial charge is 0.246 e. The molecule has 20 heavy (non-hydrogen) atoms. The average Bonchev–Trinajstić information content (AvgIpc) is 2.94. The van der Waals surface area contributed by atoms with Crippen LogP contribution in [0.1, 0.15) is 11.3 Å². The van der Waals surface area contributed by atoms with E-state index in [1.807, 2.05) is 24.3 Å². The van der Waals surface area contributed by atoms with Crippen LogP contribution in [0.25, 0.3) is 11.3 Å². The maximum Gasteiger partial charge on any atom is 0.246 e. The molecule has 7 nitrogen and oxygen atoms in total. The summed E-state index contributed by atoms with van der Waals surface area (Å²) in [6.07, 6.45) is 0.572. The second-order valence-electron chi connectivity index (χ2n) is 4.12. The Balaban J connectivity index is 1.95. The van der Waals surface area contributed by atoms with Crippen molar-refractivity contribution in [2.75, 3.05) is 14.2 Å². The molecule has 102 valence electrons. The van der Waals surface area contributed by atoms with Crippen LogP contribution in [0.2, 0.25) is 0 Å². The van der Waals surface area contributed by atoms with E-state index in [2.05, 4.69) is 24.9 Å². The first kappa shape index (κ1) is 12.3. The van der Waals surface area contributed by atoms with E-state index in [-0.39, 0.29) is 0 Å². The van der Waals surface area contributed by atoms with Crippen molar-refractivity contribution in [1.29, 1.82) is 0 Å². The van der Waals surface area contributed by atoms with Crippen LogP contribution in [0.5, 0.6) is 11.6 Å². The lowest BCUT2D eigenvalue weighted by Gasteiger charge is -2.06. The van der Waals surface area contributed by atoms with Gasteiger partial charge in [0.1, 0.15) is 11.4 Å². The molecular weight excluding hydrogens is 260 g/mol. The molecule has 7 heteroatoms. The normalized spacial score (nSPS) is 10.7. The molecule has 0 unspecified atom stereocenters. The molecule has 0 saturated carbocycles. The maximum atomic E-state index is 5.23. The van der Waals surface area contributed by atoms with E-state index < -0.39 is 0 Å². The Hall–Kier alpha value is -2.70. The van der Waals surface area contributed by atoms with E-state index in [0.29, 0.717) is 29.3 Å². The Labute approximate surface area is 114 Å². The summed E-state index contributed by atoms with van der Waals surface area (Å²) < 4.78 is 15.0. The van der Waals surface area contributed by atoms with Gasteiger partial charge < -0.3 is 9.47 Å². The fourth-order valence-corrected chi connectivity index (χ4v) is 1.87. The van der Waals surface area contributed by atoms with E-state index in [1.165, 1.54) is 0 Å². The first-order valence-corrected chi connectivity index (χ1v) is 5.96. The fraction of sp³-hybridized carbons (Fsp3) is 0.231. The molecule has 0 aliphatic heterocycles. The van der Waals surface area contributed by atoms with Crippen molar-refractivity contribution in [2.24, 2.45) is 0 Å². The van der Waals surface area contributed by atoms with Crippen molar-refractivity contribution in [3.63, 3.8) is 0 Å². The first-order valence-electron chi connectivity index (χ1n) is 5.96. The SMILES string of the molecule is COc1ccc(Cc2nc3nonc3nc2OC)cc1. The molecule has 3 aromatic rings. The summed E-state index contributed by atoms with van der Waals surface area (Å²) >= 11 is 0. The molecule has 0 N–H and O–H groups in total. The minimum Gasteiger partial charge on any atom is -0.497 e. The number of benzene rings is 1. The lowest BCUT2D eigenvalue weighted by molar-refractivity contribution is 0.313. The minimum atomic E-state index is 0.334. The number of aromatic nitrogens is 4. The minimum absolute atomic E-state index is 0.334. The molecule has 0 atom stereocenters. The topological polar surface area (TPSA) is 83.2 Å². The van der Waals surface area contributed by atoms with E-state index in [4.69, 9.17) is 9.47 Å². The van der Waals surface area contributed by atoms with Gasteiger partial charge in [-0.25, -0.2) is 9.61 Å². The van der Waals surface area contributed by atoms with Crippen molar-refractivity contribution in [3.05, 3.63) is 35.5 Å². The summed E-state index contributed by atoms with van der Waals surface area (Å²) in [7, 11) is 3.18. The monoisotopic (exact) mass is 272 g/mol. The van der Waals surface area contributed by atoms with Gasteiger partial charge in [-0.05, 0) is 28.0 Å². The van der Waals surface area contributed by atoms with Gasteiger partial charge in [-0.1, -0.05) is 12.1 Å². The summed E-state index contributed by atoms with van der Waals surface area (Å²) in [6.45, 7) is 0. The van der Waals surface area contributed by atoms with Gasteiger partial charge in [-0.2, -0.15) is 4.98 Å². The van der Waals surface area contributed by atoms with Gasteiger partial charge in [0.2, 0.25) is 17.2 Å². The number of nitrogens with zero attached hydrogens (tertiary/aromatic N) is 4. The molecule has 0 aliphatic carbocycles. The van der Waals surface area contributed by atoms with Crippen molar-refractivity contribution in [3.8, 4) is 11.6 Å². The highest BCUT2D eigenvalue weighted by Gasteiger charge is 2.13. The van der Waals surface area contributed by atoms with Crippen LogP contribution in [0, 0.1) is 0 Å². The highest BCUT2D eigenvalue weighted by molar-refractivity contribution is 5.64. The predicted molar refractivity (Wildman–Crippen MR) is 69.7 cm³/mol. The molecule has 2 aromatic heterocycles. The second kappa shape index (κ2) is 5.12. The third-order valence-electron chi connectivity index (χ3n) is 2.87. The van der Waals surface area contributed by atoms with Crippen LogP contribution >= 0.6 is 0 Å². The standard InChI is InChI=1S/C13H12N4O3/c1-18-9-5-3-8(4-6-9)7-10-13(19-2)15-12-11(14-10)16-20-17-12/h3-6H,7H2,1-2H3. The van der Waals surface area contributed by atoms with Gasteiger partial charge in [0.05, 0.1) is 14.2 Å². The number of hydrogen-bond acceptors (Lipinski definition) is 7. The molecule has 0 bridgehead atoms. The molecule has 0 radical (unpaired) electrons. The van der Waals surface area contributed by atoms with Gasteiger partial charge in [0.25, 0.3) is 0 Å². The molecule has 0 amide bonds. The van der Waals surface area contributed by atoms with Gasteiger partial charge in [0.15, 0.2) is 0 Å². The van der Waals surface area contributed by atoms with E-state index in [9.17, 15) is 0 Å². The quantitative estimate of drug-likeness (QED) is 0.713. The molecular formula is C13H12N4O3. The van der Waals surface area contributed by atoms with E-state index in [1.54, 1.807) is 14.2 Å². The van der Waals surface area contributed by atoms with Crippen LogP contribution in [-0.2, 0) is 6.42 Å². The Bertz CT molecular complexity index is 724. The highest BCUT2D eigenvalue weighted by atomic mass is 16.6. The third kappa shape index (κ3) is 2.25. The number of ether oxygens (including phenoxy) is 2. The van der Waals surface area contributed by atoms with Crippen molar-refractivity contribution in [1.82, 2.24) is 20.3 Å². The van der Waals surface area contributed by atoms with Gasteiger partial charge in [0, 0.05) is 6.42 Å². The molecule has 0 aliphatic rings.